The molecule has 3 N–H and O–H groups in total. The number of rotatable bonds is 9. The number of amides is 2. The Morgan fingerprint density at radius 1 is 0.886 bits per heavy atom. The van der Waals surface area contributed by atoms with Gasteiger partial charge in [-0.2, -0.15) is 0 Å². The molecule has 0 unspecified atom stereocenters. The topological polar surface area (TPSA) is 86.9 Å². The van der Waals surface area contributed by atoms with E-state index in [9.17, 15) is 9.59 Å². The molecule has 0 saturated carbocycles. The molecule has 35 heavy (non-hydrogen) atoms. The molecule has 6 heteroatoms. The number of nitrogens with zero attached hydrogens (tertiary/aromatic N) is 1. The van der Waals surface area contributed by atoms with E-state index < -0.39 is 6.04 Å². The van der Waals surface area contributed by atoms with Crippen LogP contribution in [0.5, 0.6) is 0 Å². The number of imidazole rings is 1. The van der Waals surface area contributed by atoms with Crippen molar-refractivity contribution in [3.8, 4) is 0 Å². The molecule has 6 nitrogen and oxygen atoms in total. The average Bonchev–Trinajstić information content (AvgIpc) is 3.28. The van der Waals surface area contributed by atoms with Gasteiger partial charge in [-0.1, -0.05) is 74.5 Å². The molecule has 3 aromatic carbocycles. The first kappa shape index (κ1) is 24.2. The van der Waals surface area contributed by atoms with Crippen LogP contribution in [-0.4, -0.2) is 27.8 Å². The summed E-state index contributed by atoms with van der Waals surface area (Å²) in [5.41, 5.74) is 4.30. The lowest BCUT2D eigenvalue weighted by molar-refractivity contribution is -0.124. The Kier molecular flexibility index (Phi) is 7.60. The van der Waals surface area contributed by atoms with Gasteiger partial charge in [0, 0.05) is 5.56 Å². The molecule has 0 aliphatic heterocycles. The summed E-state index contributed by atoms with van der Waals surface area (Å²) in [5.74, 6) is 0.452. The highest BCUT2D eigenvalue weighted by atomic mass is 16.2. The van der Waals surface area contributed by atoms with Gasteiger partial charge in [-0.3, -0.25) is 9.59 Å². The third-order valence-corrected chi connectivity index (χ3v) is 6.06. The van der Waals surface area contributed by atoms with Crippen LogP contribution in [0.2, 0.25) is 0 Å². The average molecular weight is 469 g/mol. The first-order valence-corrected chi connectivity index (χ1v) is 12.1. The lowest BCUT2D eigenvalue weighted by atomic mass is 10.00. The van der Waals surface area contributed by atoms with Crippen LogP contribution < -0.4 is 10.6 Å². The Morgan fingerprint density at radius 3 is 2.29 bits per heavy atom. The van der Waals surface area contributed by atoms with Crippen LogP contribution in [0.1, 0.15) is 53.6 Å². The molecule has 0 saturated heterocycles. The number of fused-ring (bicyclic) bond motifs is 1. The molecule has 2 atom stereocenters. The van der Waals surface area contributed by atoms with E-state index in [0.29, 0.717) is 24.2 Å². The van der Waals surface area contributed by atoms with Crippen LogP contribution in [0.4, 0.5) is 0 Å². The smallest absolute Gasteiger partial charge is 0.252 e. The van der Waals surface area contributed by atoms with E-state index in [-0.39, 0.29) is 23.8 Å². The maximum Gasteiger partial charge on any atom is 0.252 e. The fraction of sp³-hybridized carbons (Fsp3) is 0.276. The number of nitrogens with one attached hydrogen (secondary N) is 3. The fourth-order valence-corrected chi connectivity index (χ4v) is 4.24. The van der Waals surface area contributed by atoms with Gasteiger partial charge < -0.3 is 15.6 Å². The summed E-state index contributed by atoms with van der Waals surface area (Å²) >= 11 is 0. The normalized spacial score (nSPS) is 12.9. The number of carbonyl (C=O) groups is 2. The van der Waals surface area contributed by atoms with Gasteiger partial charge in [-0.15, -0.1) is 0 Å². The number of hydrogen-bond acceptors (Lipinski definition) is 3. The minimum absolute atomic E-state index is 0.220. The Morgan fingerprint density at radius 2 is 1.57 bits per heavy atom. The van der Waals surface area contributed by atoms with E-state index in [2.05, 4.69) is 15.6 Å². The van der Waals surface area contributed by atoms with Crippen molar-refractivity contribution in [1.82, 2.24) is 20.6 Å². The highest BCUT2D eigenvalue weighted by Crippen LogP contribution is 2.21. The van der Waals surface area contributed by atoms with Crippen molar-refractivity contribution in [2.45, 2.75) is 45.7 Å². The minimum atomic E-state index is -0.662. The van der Waals surface area contributed by atoms with Crippen LogP contribution in [0.15, 0.2) is 78.9 Å². The van der Waals surface area contributed by atoms with E-state index in [0.717, 1.165) is 22.2 Å². The third-order valence-electron chi connectivity index (χ3n) is 6.06. The number of aryl methyl sites for hydroxylation is 1. The predicted molar refractivity (Wildman–Crippen MR) is 139 cm³/mol. The van der Waals surface area contributed by atoms with Gasteiger partial charge in [0.1, 0.15) is 11.9 Å². The Hall–Kier alpha value is -3.93. The number of hydrogen-bond donors (Lipinski definition) is 3. The number of H-pyrrole nitrogens is 1. The first-order chi connectivity index (χ1) is 16.9. The molecule has 0 aliphatic carbocycles. The van der Waals surface area contributed by atoms with Crippen LogP contribution in [0.3, 0.4) is 0 Å². The van der Waals surface area contributed by atoms with Gasteiger partial charge >= 0.3 is 0 Å². The lowest BCUT2D eigenvalue weighted by Crippen LogP contribution is -2.48. The summed E-state index contributed by atoms with van der Waals surface area (Å²) < 4.78 is 0. The number of benzene rings is 3. The zero-order chi connectivity index (χ0) is 24.8. The van der Waals surface area contributed by atoms with Crippen molar-refractivity contribution in [3.63, 3.8) is 0 Å². The van der Waals surface area contributed by atoms with Crippen molar-refractivity contribution in [1.29, 1.82) is 0 Å². The monoisotopic (exact) mass is 468 g/mol. The summed E-state index contributed by atoms with van der Waals surface area (Å²) in [7, 11) is 0. The summed E-state index contributed by atoms with van der Waals surface area (Å²) in [6.07, 6.45) is 1.11. The second-order valence-corrected chi connectivity index (χ2v) is 9.36. The zero-order valence-corrected chi connectivity index (χ0v) is 20.4. The van der Waals surface area contributed by atoms with Gasteiger partial charge in [0.2, 0.25) is 5.91 Å². The van der Waals surface area contributed by atoms with Crippen molar-refractivity contribution in [2.75, 3.05) is 0 Å². The van der Waals surface area contributed by atoms with Gasteiger partial charge in [0.25, 0.3) is 5.91 Å². The molecule has 0 radical (unpaired) electrons. The van der Waals surface area contributed by atoms with Crippen molar-refractivity contribution in [2.24, 2.45) is 5.92 Å². The second kappa shape index (κ2) is 11.0. The van der Waals surface area contributed by atoms with Crippen molar-refractivity contribution in [3.05, 3.63) is 101 Å². The Balaban J connectivity index is 1.59. The molecular formula is C29H32N4O2. The molecule has 0 aliphatic rings. The molecule has 2 amide bonds. The van der Waals surface area contributed by atoms with Crippen molar-refractivity contribution < 1.29 is 9.59 Å². The molecule has 4 aromatic rings. The number of aromatic nitrogens is 2. The fourth-order valence-electron chi connectivity index (χ4n) is 4.24. The molecule has 180 valence electrons. The van der Waals surface area contributed by atoms with Gasteiger partial charge in [0.15, 0.2) is 0 Å². The molecule has 1 heterocycles. The number of aromatic amines is 1. The van der Waals surface area contributed by atoms with Crippen LogP contribution in [0.25, 0.3) is 11.0 Å². The highest BCUT2D eigenvalue weighted by molar-refractivity contribution is 5.98. The largest absolute Gasteiger partial charge is 0.344 e. The van der Waals surface area contributed by atoms with Gasteiger partial charge in [-0.25, -0.2) is 4.98 Å². The van der Waals surface area contributed by atoms with E-state index in [1.807, 2.05) is 93.6 Å². The number of para-hydroxylation sites is 2. The summed E-state index contributed by atoms with van der Waals surface area (Å²) in [6, 6.07) is 24.2. The maximum absolute atomic E-state index is 13.6. The minimum Gasteiger partial charge on any atom is -0.344 e. The third kappa shape index (κ3) is 6.15. The van der Waals surface area contributed by atoms with E-state index in [4.69, 9.17) is 4.98 Å². The van der Waals surface area contributed by atoms with Crippen molar-refractivity contribution >= 4 is 22.8 Å². The SMILES string of the molecule is Cc1ccccc1C(=O)N[C@@H](CC(C)C)C(=O)N[C@@H](Cc1ccccc1)c1nc2ccccc2[nH]1. The molecule has 0 fully saturated rings. The molecule has 0 bridgehead atoms. The second-order valence-electron chi connectivity index (χ2n) is 9.36. The summed E-state index contributed by atoms with van der Waals surface area (Å²) in [6.45, 7) is 5.98. The molecule has 1 aromatic heterocycles. The van der Waals surface area contributed by atoms with Gasteiger partial charge in [-0.05, 0) is 55.0 Å². The van der Waals surface area contributed by atoms with E-state index in [1.54, 1.807) is 6.07 Å². The summed E-state index contributed by atoms with van der Waals surface area (Å²) in [4.78, 5) is 34.7. The first-order valence-electron chi connectivity index (χ1n) is 12.1. The molecular weight excluding hydrogens is 436 g/mol. The predicted octanol–water partition coefficient (Wildman–Crippen LogP) is 5.12. The van der Waals surface area contributed by atoms with Crippen LogP contribution >= 0.6 is 0 Å². The number of carbonyl (C=O) groups excluding carboxylic acids is 2. The lowest BCUT2D eigenvalue weighted by Gasteiger charge is -2.24. The molecule has 4 rings (SSSR count). The van der Waals surface area contributed by atoms with E-state index >= 15 is 0 Å². The van der Waals surface area contributed by atoms with Crippen LogP contribution in [-0.2, 0) is 11.2 Å². The van der Waals surface area contributed by atoms with E-state index in [1.165, 1.54) is 0 Å². The molecule has 0 spiro atoms. The van der Waals surface area contributed by atoms with Crippen LogP contribution in [0, 0.1) is 12.8 Å². The standard InChI is InChI=1S/C29H32N4O2/c1-19(2)17-26(33-28(34)22-14-8-7-11-20(22)3)29(35)32-25(18-21-12-5-4-6-13-21)27-30-23-15-9-10-16-24(23)31-27/h4-16,19,25-26H,17-18H2,1-3H3,(H,30,31)(H,32,35)(H,33,34)/t25-,26-/m0/s1. The van der Waals surface area contributed by atoms with Gasteiger partial charge in [0.05, 0.1) is 17.1 Å². The quantitative estimate of drug-likeness (QED) is 0.319. The zero-order valence-electron chi connectivity index (χ0n) is 20.4. The Bertz CT molecular complexity index is 1260. The maximum atomic E-state index is 13.6. The Labute approximate surface area is 206 Å². The summed E-state index contributed by atoms with van der Waals surface area (Å²) in [5, 5.41) is 6.14. The highest BCUT2D eigenvalue weighted by Gasteiger charge is 2.27.